The lowest BCUT2D eigenvalue weighted by molar-refractivity contribution is -0.0367. The van der Waals surface area contributed by atoms with Gasteiger partial charge < -0.3 is 13.9 Å². The number of fused-ring (bicyclic) bond motifs is 1. The molecule has 1 saturated heterocycles. The van der Waals surface area contributed by atoms with Crippen molar-refractivity contribution in [1.82, 2.24) is 39.2 Å². The van der Waals surface area contributed by atoms with E-state index < -0.39 is 8.32 Å². The third-order valence-corrected chi connectivity index (χ3v) is 16.0. The Balaban J connectivity index is 1.33. The number of ether oxygens (including phenoxy) is 2. The molecule has 3 atom stereocenters. The van der Waals surface area contributed by atoms with Crippen molar-refractivity contribution < 1.29 is 13.9 Å². The summed E-state index contributed by atoms with van der Waals surface area (Å²) in [7, 11) is 2.19. The summed E-state index contributed by atoms with van der Waals surface area (Å²) < 4.78 is 26.6. The van der Waals surface area contributed by atoms with Gasteiger partial charge in [-0.25, -0.2) is 9.36 Å². The normalized spacial score (nSPS) is 17.1. The third kappa shape index (κ3) is 8.06. The highest BCUT2D eigenvalue weighted by Gasteiger charge is 2.37. The van der Waals surface area contributed by atoms with Crippen molar-refractivity contribution in [2.45, 2.75) is 117 Å². The van der Waals surface area contributed by atoms with Crippen LogP contribution in [0.25, 0.3) is 28.2 Å². The third-order valence-electron chi connectivity index (χ3n) is 10.2. The quantitative estimate of drug-likeness (QED) is 0.0927. The molecule has 1 fully saturated rings. The van der Waals surface area contributed by atoms with Gasteiger partial charge in [-0.15, -0.1) is 0 Å². The van der Waals surface area contributed by atoms with E-state index in [0.717, 1.165) is 78.1 Å². The Morgan fingerprint density at radius 1 is 1.20 bits per heavy atom. The summed E-state index contributed by atoms with van der Waals surface area (Å²) in [5, 5.41) is 15.8. The van der Waals surface area contributed by atoms with Crippen molar-refractivity contribution in [2.24, 2.45) is 7.05 Å². The van der Waals surface area contributed by atoms with E-state index >= 15 is 0 Å². The van der Waals surface area contributed by atoms with E-state index in [0.29, 0.717) is 19.0 Å². The molecule has 50 heavy (non-hydrogen) atoms. The smallest absolute Gasteiger partial charge is 0.221 e. The number of aryl methyl sites for hydroxylation is 3. The molecule has 4 aromatic rings. The highest BCUT2D eigenvalue weighted by atomic mass is 127. The molecular weight excluding hydrogens is 759 g/mol. The van der Waals surface area contributed by atoms with Crippen LogP contribution < -0.4 is 4.74 Å². The van der Waals surface area contributed by atoms with Gasteiger partial charge in [0.15, 0.2) is 14.5 Å². The molecule has 0 N–H and O–H groups in total. The van der Waals surface area contributed by atoms with E-state index in [2.05, 4.69) is 107 Å². The van der Waals surface area contributed by atoms with E-state index in [4.69, 9.17) is 34.2 Å². The van der Waals surface area contributed by atoms with Gasteiger partial charge in [-0.2, -0.15) is 15.3 Å². The van der Waals surface area contributed by atoms with Crippen molar-refractivity contribution >= 4 is 47.9 Å². The first-order valence-corrected chi connectivity index (χ1v) is 22.0. The van der Waals surface area contributed by atoms with Gasteiger partial charge in [0.25, 0.3) is 0 Å². The van der Waals surface area contributed by atoms with Crippen LogP contribution in [0.15, 0.2) is 18.8 Å². The standard InChI is InChI=1S/C37H57IN8O3Si/c1-13-28-27-19-30(39-20-31(27)46(41-28)33-17-15-16-18-47-33)34-26(5)40-44(10)36(34)49-25(4)21-43(9)22-32-35(38)29(14-2)42-45(32)24(3)23-48-50(11,12)37(6,7)8/h13,19-20,24-25,33H,1,14-18,21-23H2,2-12H3/t24-,25-,33?/m0/s1. The Bertz CT molecular complexity index is 1800. The van der Waals surface area contributed by atoms with Gasteiger partial charge in [-0.05, 0) is 106 Å². The van der Waals surface area contributed by atoms with Crippen LogP contribution in [0.3, 0.4) is 0 Å². The lowest BCUT2D eigenvalue weighted by atomic mass is 10.1. The molecule has 1 unspecified atom stereocenters. The van der Waals surface area contributed by atoms with Gasteiger partial charge in [-0.3, -0.25) is 14.6 Å². The molecule has 0 spiro atoms. The molecule has 0 aromatic carbocycles. The average Bonchev–Trinajstić information content (AvgIpc) is 3.68. The fourth-order valence-corrected chi connectivity index (χ4v) is 8.39. The van der Waals surface area contributed by atoms with Crippen molar-refractivity contribution in [2.75, 3.05) is 26.8 Å². The summed E-state index contributed by atoms with van der Waals surface area (Å²) in [5.74, 6) is 0.697. The van der Waals surface area contributed by atoms with Gasteiger partial charge in [-0.1, -0.05) is 34.3 Å². The number of hydrogen-bond donors (Lipinski definition) is 0. The van der Waals surface area contributed by atoms with E-state index in [1.54, 1.807) is 6.08 Å². The molecule has 0 bridgehead atoms. The Morgan fingerprint density at radius 3 is 2.58 bits per heavy atom. The van der Waals surface area contributed by atoms with Crippen LogP contribution in [0, 0.1) is 10.5 Å². The predicted molar refractivity (Wildman–Crippen MR) is 212 cm³/mol. The summed E-state index contributed by atoms with van der Waals surface area (Å²) in [5.41, 5.74) is 6.65. The largest absolute Gasteiger partial charge is 0.473 e. The Morgan fingerprint density at radius 2 is 1.94 bits per heavy atom. The van der Waals surface area contributed by atoms with Crippen LogP contribution in [0.4, 0.5) is 0 Å². The number of nitrogens with zero attached hydrogens (tertiary/aromatic N) is 8. The van der Waals surface area contributed by atoms with E-state index in [-0.39, 0.29) is 23.4 Å². The van der Waals surface area contributed by atoms with Crippen LogP contribution in [0.1, 0.15) is 95.9 Å². The molecule has 5 rings (SSSR count). The first-order valence-electron chi connectivity index (χ1n) is 18.0. The minimum Gasteiger partial charge on any atom is -0.473 e. The molecule has 11 nitrogen and oxygen atoms in total. The summed E-state index contributed by atoms with van der Waals surface area (Å²) in [6, 6.07) is 2.21. The van der Waals surface area contributed by atoms with Crippen molar-refractivity contribution in [1.29, 1.82) is 0 Å². The zero-order valence-electron chi connectivity index (χ0n) is 32.0. The number of aromatic nitrogens is 7. The van der Waals surface area contributed by atoms with E-state index in [1.165, 1.54) is 9.26 Å². The first kappa shape index (κ1) is 38.6. The van der Waals surface area contributed by atoms with Gasteiger partial charge in [0, 0.05) is 32.1 Å². The van der Waals surface area contributed by atoms with Gasteiger partial charge >= 0.3 is 0 Å². The molecular formula is C37H57IN8O3Si. The molecule has 0 aliphatic carbocycles. The number of halogens is 1. The zero-order valence-corrected chi connectivity index (χ0v) is 35.2. The highest BCUT2D eigenvalue weighted by molar-refractivity contribution is 14.1. The molecule has 0 saturated carbocycles. The first-order chi connectivity index (χ1) is 23.6. The van der Waals surface area contributed by atoms with Gasteiger partial charge in [0.1, 0.15) is 6.10 Å². The summed E-state index contributed by atoms with van der Waals surface area (Å²) in [6.07, 6.45) is 7.53. The average molecular weight is 817 g/mol. The number of pyridine rings is 1. The molecule has 13 heteroatoms. The summed E-state index contributed by atoms with van der Waals surface area (Å²) in [4.78, 5) is 7.23. The second-order valence-electron chi connectivity index (χ2n) is 15.4. The maximum absolute atomic E-state index is 6.69. The van der Waals surface area contributed by atoms with Crippen molar-refractivity contribution in [3.63, 3.8) is 0 Å². The Labute approximate surface area is 313 Å². The molecule has 0 radical (unpaired) electrons. The van der Waals surface area contributed by atoms with E-state index in [1.807, 2.05) is 29.5 Å². The topological polar surface area (TPSA) is 97.3 Å². The second-order valence-corrected chi connectivity index (χ2v) is 21.3. The minimum atomic E-state index is -1.88. The van der Waals surface area contributed by atoms with Crippen LogP contribution in [0.5, 0.6) is 5.88 Å². The maximum atomic E-state index is 6.69. The monoisotopic (exact) mass is 816 g/mol. The van der Waals surface area contributed by atoms with E-state index in [9.17, 15) is 0 Å². The summed E-state index contributed by atoms with van der Waals surface area (Å²) in [6.45, 7) is 26.9. The van der Waals surface area contributed by atoms with Crippen molar-refractivity contribution in [3.05, 3.63) is 45.2 Å². The molecule has 0 amide bonds. The lowest BCUT2D eigenvalue weighted by Crippen LogP contribution is -2.42. The lowest BCUT2D eigenvalue weighted by Gasteiger charge is -2.37. The molecule has 1 aliphatic heterocycles. The number of likely N-dealkylation sites (N-methyl/N-ethyl adjacent to an activating group) is 1. The van der Waals surface area contributed by atoms with Gasteiger partial charge in [0.05, 0.1) is 62.0 Å². The highest BCUT2D eigenvalue weighted by Crippen LogP contribution is 2.38. The van der Waals surface area contributed by atoms with Crippen LogP contribution in [-0.2, 0) is 29.2 Å². The van der Waals surface area contributed by atoms with Crippen molar-refractivity contribution in [3.8, 4) is 17.1 Å². The van der Waals surface area contributed by atoms with Crippen LogP contribution in [0.2, 0.25) is 18.1 Å². The second kappa shape index (κ2) is 15.6. The number of hydrogen-bond acceptors (Lipinski definition) is 8. The molecule has 274 valence electrons. The summed E-state index contributed by atoms with van der Waals surface area (Å²) >= 11 is 2.47. The van der Waals surface area contributed by atoms with Crippen LogP contribution >= 0.6 is 22.6 Å². The fraction of sp³-hybridized carbons (Fsp3) is 0.622. The molecule has 4 aromatic heterocycles. The molecule has 5 heterocycles. The number of rotatable bonds is 14. The van der Waals surface area contributed by atoms with Gasteiger partial charge in [0.2, 0.25) is 5.88 Å². The fourth-order valence-electron chi connectivity index (χ4n) is 6.39. The zero-order chi connectivity index (χ0) is 36.5. The van der Waals surface area contributed by atoms with Crippen LogP contribution in [-0.4, -0.2) is 80.5 Å². The Kier molecular flexibility index (Phi) is 12.0. The SMILES string of the molecule is C=Cc1nn(C2CCCCO2)c2cnc(-c3c(C)nn(C)c3O[C@@H](C)CN(C)Cc3c(I)c(CC)nn3[C@@H](C)CO[Si](C)(C)C(C)(C)C)cc12. The molecule has 1 aliphatic rings. The Hall–Kier alpha value is -2.59. The minimum absolute atomic E-state index is 0.0845. The maximum Gasteiger partial charge on any atom is 0.221 e. The predicted octanol–water partition coefficient (Wildman–Crippen LogP) is 8.33.